The first-order chi connectivity index (χ1) is 8.12. The van der Waals surface area contributed by atoms with Crippen LogP contribution in [0, 0.1) is 11.3 Å². The monoisotopic (exact) mass is 241 g/mol. The number of hydrogen-bond acceptors (Lipinski definition) is 3. The fourth-order valence-electron chi connectivity index (χ4n) is 2.75. The van der Waals surface area contributed by atoms with Gasteiger partial charge in [0.05, 0.1) is 0 Å². The van der Waals surface area contributed by atoms with Crippen molar-refractivity contribution in [3.63, 3.8) is 0 Å². The van der Waals surface area contributed by atoms with E-state index in [4.69, 9.17) is 4.74 Å². The molecule has 0 heterocycles. The third-order valence-corrected chi connectivity index (χ3v) is 3.99. The van der Waals surface area contributed by atoms with Crippen LogP contribution in [0.1, 0.15) is 39.0 Å². The second-order valence-electron chi connectivity index (χ2n) is 5.75. The zero-order valence-corrected chi connectivity index (χ0v) is 11.6. The summed E-state index contributed by atoms with van der Waals surface area (Å²) in [7, 11) is 3.84. The highest BCUT2D eigenvalue weighted by Crippen LogP contribution is 2.37. The summed E-state index contributed by atoms with van der Waals surface area (Å²) >= 11 is 0. The maximum atomic E-state index is 11.4. The lowest BCUT2D eigenvalue weighted by Gasteiger charge is -2.37. The Morgan fingerprint density at radius 2 is 2.06 bits per heavy atom. The van der Waals surface area contributed by atoms with Gasteiger partial charge in [-0.15, -0.1) is 0 Å². The van der Waals surface area contributed by atoms with Gasteiger partial charge in [-0.3, -0.25) is 0 Å². The summed E-state index contributed by atoms with van der Waals surface area (Å²) in [6.07, 6.45) is 6.78. The van der Waals surface area contributed by atoms with Crippen molar-refractivity contribution < 1.29 is 9.53 Å². The summed E-state index contributed by atoms with van der Waals surface area (Å²) in [6.45, 7) is 5.01. The summed E-state index contributed by atoms with van der Waals surface area (Å²) in [5.41, 5.74) is -0.0751. The van der Waals surface area contributed by atoms with Crippen molar-refractivity contribution >= 4 is 6.29 Å². The lowest BCUT2D eigenvalue weighted by molar-refractivity contribution is -0.119. The quantitative estimate of drug-likeness (QED) is 0.506. The molecule has 0 radical (unpaired) electrons. The van der Waals surface area contributed by atoms with Crippen molar-refractivity contribution in [3.05, 3.63) is 0 Å². The minimum atomic E-state index is -0.0751. The zero-order valence-electron chi connectivity index (χ0n) is 11.6. The highest BCUT2D eigenvalue weighted by molar-refractivity contribution is 5.60. The van der Waals surface area contributed by atoms with E-state index in [2.05, 4.69) is 18.9 Å². The number of rotatable bonds is 7. The SMILES string of the molecule is COCCCN(C)CC1(C=O)CCC(C)CC1. The van der Waals surface area contributed by atoms with Gasteiger partial charge in [-0.1, -0.05) is 6.92 Å². The fourth-order valence-corrected chi connectivity index (χ4v) is 2.75. The molecule has 3 nitrogen and oxygen atoms in total. The van der Waals surface area contributed by atoms with Gasteiger partial charge in [0, 0.05) is 32.2 Å². The fraction of sp³-hybridized carbons (Fsp3) is 0.929. The van der Waals surface area contributed by atoms with Crippen molar-refractivity contribution in [1.82, 2.24) is 4.90 Å². The lowest BCUT2D eigenvalue weighted by Crippen LogP contribution is -2.40. The molecule has 0 N–H and O–H groups in total. The Labute approximate surface area is 106 Å². The molecule has 0 amide bonds. The molecule has 1 fully saturated rings. The van der Waals surface area contributed by atoms with E-state index in [1.807, 2.05) is 0 Å². The second-order valence-corrected chi connectivity index (χ2v) is 5.75. The van der Waals surface area contributed by atoms with Gasteiger partial charge in [0.2, 0.25) is 0 Å². The van der Waals surface area contributed by atoms with Crippen LogP contribution >= 0.6 is 0 Å². The summed E-state index contributed by atoms with van der Waals surface area (Å²) in [4.78, 5) is 13.7. The standard InChI is InChI=1S/C14H27NO2/c1-13-5-7-14(12-16,8-6-13)11-15(2)9-4-10-17-3/h12-13H,4-11H2,1-3H3. The minimum Gasteiger partial charge on any atom is -0.385 e. The molecule has 17 heavy (non-hydrogen) atoms. The first-order valence-electron chi connectivity index (χ1n) is 6.76. The van der Waals surface area contributed by atoms with Gasteiger partial charge in [-0.05, 0) is 45.1 Å². The van der Waals surface area contributed by atoms with Crippen molar-refractivity contribution in [2.24, 2.45) is 11.3 Å². The first-order valence-corrected chi connectivity index (χ1v) is 6.76. The van der Waals surface area contributed by atoms with Gasteiger partial charge >= 0.3 is 0 Å². The number of aldehydes is 1. The molecule has 3 heteroatoms. The molecule has 0 aliphatic heterocycles. The molecule has 1 saturated carbocycles. The largest absolute Gasteiger partial charge is 0.385 e. The van der Waals surface area contributed by atoms with Crippen molar-refractivity contribution in [2.45, 2.75) is 39.0 Å². The van der Waals surface area contributed by atoms with Crippen LogP contribution in [0.15, 0.2) is 0 Å². The number of hydrogen-bond donors (Lipinski definition) is 0. The molecule has 1 aliphatic rings. The summed E-state index contributed by atoms with van der Waals surface area (Å²) in [6, 6.07) is 0. The third-order valence-electron chi connectivity index (χ3n) is 3.99. The molecule has 0 aromatic rings. The van der Waals surface area contributed by atoms with Gasteiger partial charge in [-0.25, -0.2) is 0 Å². The van der Waals surface area contributed by atoms with Gasteiger partial charge in [-0.2, -0.15) is 0 Å². The smallest absolute Gasteiger partial charge is 0.127 e. The molecular weight excluding hydrogens is 214 g/mol. The average molecular weight is 241 g/mol. The van der Waals surface area contributed by atoms with E-state index in [0.717, 1.165) is 44.9 Å². The summed E-state index contributed by atoms with van der Waals surface area (Å²) in [5.74, 6) is 0.793. The number of methoxy groups -OCH3 is 1. The summed E-state index contributed by atoms with van der Waals surface area (Å²) in [5, 5.41) is 0. The minimum absolute atomic E-state index is 0.0751. The Balaban J connectivity index is 2.37. The Bertz CT molecular complexity index is 222. The van der Waals surface area contributed by atoms with E-state index >= 15 is 0 Å². The van der Waals surface area contributed by atoms with Crippen LogP contribution in [0.25, 0.3) is 0 Å². The van der Waals surface area contributed by atoms with Crippen molar-refractivity contribution in [2.75, 3.05) is 33.9 Å². The normalized spacial score (nSPS) is 29.5. The highest BCUT2D eigenvalue weighted by Gasteiger charge is 2.34. The van der Waals surface area contributed by atoms with Gasteiger partial charge in [0.15, 0.2) is 0 Å². The molecule has 100 valence electrons. The van der Waals surface area contributed by atoms with E-state index in [-0.39, 0.29) is 5.41 Å². The molecule has 1 aliphatic carbocycles. The average Bonchev–Trinajstić information content (AvgIpc) is 2.33. The van der Waals surface area contributed by atoms with E-state index < -0.39 is 0 Å². The van der Waals surface area contributed by atoms with Crippen LogP contribution in [-0.2, 0) is 9.53 Å². The molecule has 0 aromatic heterocycles. The van der Waals surface area contributed by atoms with Gasteiger partial charge in [0.1, 0.15) is 6.29 Å². The zero-order chi connectivity index (χ0) is 12.7. The maximum absolute atomic E-state index is 11.4. The van der Waals surface area contributed by atoms with Gasteiger partial charge < -0.3 is 14.4 Å². The summed E-state index contributed by atoms with van der Waals surface area (Å²) < 4.78 is 5.05. The number of ether oxygens (including phenoxy) is 1. The van der Waals surface area contributed by atoms with E-state index in [1.165, 1.54) is 19.1 Å². The van der Waals surface area contributed by atoms with E-state index in [9.17, 15) is 4.79 Å². The first kappa shape index (κ1) is 14.7. The maximum Gasteiger partial charge on any atom is 0.127 e. The number of nitrogens with zero attached hydrogens (tertiary/aromatic N) is 1. The Morgan fingerprint density at radius 1 is 1.41 bits per heavy atom. The van der Waals surface area contributed by atoms with Crippen LogP contribution < -0.4 is 0 Å². The number of carbonyl (C=O) groups is 1. The Hall–Kier alpha value is -0.410. The molecular formula is C14H27NO2. The van der Waals surface area contributed by atoms with Gasteiger partial charge in [0.25, 0.3) is 0 Å². The third kappa shape index (κ3) is 4.76. The van der Waals surface area contributed by atoms with Crippen LogP contribution in [0.2, 0.25) is 0 Å². The number of carbonyl (C=O) groups excluding carboxylic acids is 1. The molecule has 0 saturated heterocycles. The lowest BCUT2D eigenvalue weighted by atomic mass is 9.71. The van der Waals surface area contributed by atoms with Crippen molar-refractivity contribution in [3.8, 4) is 0 Å². The highest BCUT2D eigenvalue weighted by atomic mass is 16.5. The Morgan fingerprint density at radius 3 is 2.59 bits per heavy atom. The molecule has 0 bridgehead atoms. The molecule has 0 aromatic carbocycles. The van der Waals surface area contributed by atoms with Crippen LogP contribution in [-0.4, -0.2) is 45.0 Å². The van der Waals surface area contributed by atoms with Crippen LogP contribution in [0.5, 0.6) is 0 Å². The molecule has 0 unspecified atom stereocenters. The second kappa shape index (κ2) is 7.12. The van der Waals surface area contributed by atoms with Crippen LogP contribution in [0.3, 0.4) is 0 Å². The molecule has 0 spiro atoms. The van der Waals surface area contributed by atoms with Crippen molar-refractivity contribution in [1.29, 1.82) is 0 Å². The predicted octanol–water partition coefficient (Wildman–Crippen LogP) is 2.35. The van der Waals surface area contributed by atoms with E-state index in [0.29, 0.717) is 0 Å². The van der Waals surface area contributed by atoms with Crippen LogP contribution in [0.4, 0.5) is 0 Å². The Kier molecular flexibility index (Phi) is 6.14. The predicted molar refractivity (Wildman–Crippen MR) is 70.1 cm³/mol. The molecule has 1 rings (SSSR count). The topological polar surface area (TPSA) is 29.5 Å². The molecule has 0 atom stereocenters. The van der Waals surface area contributed by atoms with E-state index in [1.54, 1.807) is 7.11 Å².